The molecule has 25 heavy (non-hydrogen) atoms. The topological polar surface area (TPSA) is 16.1 Å². The third-order valence-electron chi connectivity index (χ3n) is 5.11. The molecule has 0 amide bonds. The third-order valence-corrected chi connectivity index (χ3v) is 5.11. The van der Waals surface area contributed by atoms with Crippen molar-refractivity contribution in [3.05, 3.63) is 96.3 Å². The largest absolute Gasteiger partial charge is 0.337 e. The number of fused-ring (bicyclic) bond motifs is 4. The van der Waals surface area contributed by atoms with Crippen molar-refractivity contribution in [1.82, 2.24) is 4.98 Å². The van der Waals surface area contributed by atoms with Gasteiger partial charge in [0, 0.05) is 41.7 Å². The fourth-order valence-corrected chi connectivity index (χ4v) is 3.95. The second kappa shape index (κ2) is 5.45. The third kappa shape index (κ3) is 2.14. The van der Waals surface area contributed by atoms with Gasteiger partial charge in [-0.15, -0.1) is 0 Å². The van der Waals surface area contributed by atoms with Crippen molar-refractivity contribution in [2.75, 3.05) is 11.4 Å². The Morgan fingerprint density at radius 3 is 2.60 bits per heavy atom. The maximum Gasteiger partial charge on any atom is 0.0526 e. The number of allylic oxidation sites excluding steroid dienone is 2. The first-order valence-corrected chi connectivity index (χ1v) is 8.61. The summed E-state index contributed by atoms with van der Waals surface area (Å²) >= 11 is 0. The van der Waals surface area contributed by atoms with Crippen LogP contribution in [0.1, 0.15) is 16.8 Å². The van der Waals surface area contributed by atoms with Gasteiger partial charge in [-0.25, -0.2) is 0 Å². The molecular weight excluding hydrogens is 304 g/mol. The molecule has 0 fully saturated rings. The molecule has 2 aliphatic rings. The van der Waals surface area contributed by atoms with E-state index in [0.29, 0.717) is 0 Å². The average Bonchev–Trinajstić information content (AvgIpc) is 2.96. The molecule has 0 atom stereocenters. The Morgan fingerprint density at radius 2 is 1.64 bits per heavy atom. The number of hydrogen-bond donors (Lipinski definition) is 0. The van der Waals surface area contributed by atoms with E-state index in [1.54, 1.807) is 0 Å². The van der Waals surface area contributed by atoms with Crippen LogP contribution >= 0.6 is 0 Å². The van der Waals surface area contributed by atoms with Gasteiger partial charge in [-0.3, -0.25) is 4.98 Å². The molecule has 0 saturated heterocycles. The number of rotatable bonds is 1. The minimum absolute atomic E-state index is 0.844. The van der Waals surface area contributed by atoms with E-state index in [0.717, 1.165) is 18.5 Å². The average molecular weight is 322 g/mol. The fraction of sp³-hybridized carbons (Fsp3) is 0.0870. The van der Waals surface area contributed by atoms with Crippen LogP contribution in [0, 0.1) is 0 Å². The monoisotopic (exact) mass is 322 g/mol. The molecule has 3 aromatic rings. The molecular formula is C23H18N2. The molecule has 0 saturated carbocycles. The molecule has 1 aromatic heterocycles. The van der Waals surface area contributed by atoms with Gasteiger partial charge in [0.1, 0.15) is 0 Å². The van der Waals surface area contributed by atoms with Crippen LogP contribution < -0.4 is 4.90 Å². The lowest BCUT2D eigenvalue weighted by atomic mass is 10.0. The molecule has 0 bridgehead atoms. The number of anilines is 2. The van der Waals surface area contributed by atoms with Crippen LogP contribution in [-0.2, 0) is 6.42 Å². The van der Waals surface area contributed by atoms with Crippen molar-refractivity contribution >= 4 is 16.9 Å². The first-order valence-electron chi connectivity index (χ1n) is 8.61. The lowest BCUT2D eigenvalue weighted by Gasteiger charge is -2.27. The molecule has 5 rings (SSSR count). The fourth-order valence-electron chi connectivity index (χ4n) is 3.95. The Hall–Kier alpha value is -3.13. The van der Waals surface area contributed by atoms with Crippen molar-refractivity contribution < 1.29 is 0 Å². The van der Waals surface area contributed by atoms with E-state index in [4.69, 9.17) is 0 Å². The molecule has 2 aromatic carbocycles. The van der Waals surface area contributed by atoms with Crippen LogP contribution in [0.3, 0.4) is 0 Å². The van der Waals surface area contributed by atoms with Crippen molar-refractivity contribution in [1.29, 1.82) is 0 Å². The normalized spacial score (nSPS) is 14.7. The Kier molecular flexibility index (Phi) is 3.10. The number of hydrogen-bond acceptors (Lipinski definition) is 2. The summed E-state index contributed by atoms with van der Waals surface area (Å²) in [7, 11) is 0. The molecule has 2 nitrogen and oxygen atoms in total. The van der Waals surface area contributed by atoms with Crippen LogP contribution in [0.2, 0.25) is 0 Å². The minimum atomic E-state index is 0.844. The first kappa shape index (κ1) is 14.2. The smallest absolute Gasteiger partial charge is 0.0526 e. The molecule has 0 unspecified atom stereocenters. The predicted octanol–water partition coefficient (Wildman–Crippen LogP) is 5.37. The van der Waals surface area contributed by atoms with Crippen molar-refractivity contribution in [3.8, 4) is 11.1 Å². The zero-order chi connectivity index (χ0) is 16.8. The number of aromatic nitrogens is 1. The van der Waals surface area contributed by atoms with Crippen molar-refractivity contribution in [3.63, 3.8) is 0 Å². The highest BCUT2D eigenvalue weighted by atomic mass is 15.1. The van der Waals surface area contributed by atoms with E-state index in [-0.39, 0.29) is 0 Å². The Labute approximate surface area is 147 Å². The van der Waals surface area contributed by atoms with Crippen LogP contribution in [-0.4, -0.2) is 11.5 Å². The summed E-state index contributed by atoms with van der Waals surface area (Å²) in [5.41, 5.74) is 9.86. The van der Waals surface area contributed by atoms with E-state index in [9.17, 15) is 0 Å². The van der Waals surface area contributed by atoms with E-state index < -0.39 is 0 Å². The van der Waals surface area contributed by atoms with Crippen LogP contribution in [0.5, 0.6) is 0 Å². The Balaban J connectivity index is 1.70. The standard InChI is InChI=1S/C23H18N2/c1-16-7-6-14-25(22-11-3-2-8-17(16)22)23-12-4-9-18-19-10-5-13-24-21(19)15-20(18)23/h2-13H,1,14-15H2. The highest BCUT2D eigenvalue weighted by molar-refractivity contribution is 5.89. The van der Waals surface area contributed by atoms with Gasteiger partial charge in [-0.2, -0.15) is 0 Å². The van der Waals surface area contributed by atoms with Crippen LogP contribution in [0.25, 0.3) is 16.7 Å². The second-order valence-electron chi connectivity index (χ2n) is 6.53. The molecule has 0 N–H and O–H groups in total. The Bertz CT molecular complexity index is 1030. The van der Waals surface area contributed by atoms with Crippen LogP contribution in [0.4, 0.5) is 11.4 Å². The summed E-state index contributed by atoms with van der Waals surface area (Å²) in [5, 5.41) is 0. The minimum Gasteiger partial charge on any atom is -0.337 e. The molecule has 1 aliphatic heterocycles. The quantitative estimate of drug-likeness (QED) is 0.468. The molecule has 0 radical (unpaired) electrons. The van der Waals surface area contributed by atoms with Gasteiger partial charge in [0.25, 0.3) is 0 Å². The van der Waals surface area contributed by atoms with E-state index >= 15 is 0 Å². The SMILES string of the molecule is C=C1C=CCN(c2cccc3c2Cc2ncccc2-3)c2ccccc21. The number of pyridine rings is 1. The summed E-state index contributed by atoms with van der Waals surface area (Å²) in [6, 6.07) is 19.3. The summed E-state index contributed by atoms with van der Waals surface area (Å²) in [5.74, 6) is 0. The van der Waals surface area contributed by atoms with Crippen molar-refractivity contribution in [2.24, 2.45) is 0 Å². The van der Waals surface area contributed by atoms with Gasteiger partial charge in [0.2, 0.25) is 0 Å². The summed E-state index contributed by atoms with van der Waals surface area (Å²) in [6.45, 7) is 5.07. The predicted molar refractivity (Wildman–Crippen MR) is 104 cm³/mol. The maximum absolute atomic E-state index is 4.59. The lowest BCUT2D eigenvalue weighted by Crippen LogP contribution is -2.18. The van der Waals surface area contributed by atoms with E-state index in [1.807, 2.05) is 12.3 Å². The molecule has 1 aliphatic carbocycles. The summed E-state index contributed by atoms with van der Waals surface area (Å²) < 4.78 is 0. The van der Waals surface area contributed by atoms with Crippen LogP contribution in [0.15, 0.2) is 79.5 Å². The van der Waals surface area contributed by atoms with E-state index in [2.05, 4.69) is 77.1 Å². The molecule has 120 valence electrons. The summed E-state index contributed by atoms with van der Waals surface area (Å²) in [6.07, 6.45) is 7.10. The van der Waals surface area contributed by atoms with Crippen molar-refractivity contribution in [2.45, 2.75) is 6.42 Å². The highest BCUT2D eigenvalue weighted by Crippen LogP contribution is 2.43. The van der Waals surface area contributed by atoms with Gasteiger partial charge >= 0.3 is 0 Å². The number of nitrogens with zero attached hydrogens (tertiary/aromatic N) is 2. The zero-order valence-electron chi connectivity index (χ0n) is 13.9. The second-order valence-corrected chi connectivity index (χ2v) is 6.53. The number of para-hydroxylation sites is 1. The van der Waals surface area contributed by atoms with Gasteiger partial charge < -0.3 is 4.90 Å². The number of benzene rings is 2. The highest BCUT2D eigenvalue weighted by Gasteiger charge is 2.25. The summed E-state index contributed by atoms with van der Waals surface area (Å²) in [4.78, 5) is 6.99. The Morgan fingerprint density at radius 1 is 0.840 bits per heavy atom. The maximum atomic E-state index is 4.59. The zero-order valence-corrected chi connectivity index (χ0v) is 13.9. The molecule has 0 spiro atoms. The first-order chi connectivity index (χ1) is 12.3. The van der Waals surface area contributed by atoms with Gasteiger partial charge in [0.05, 0.1) is 5.69 Å². The van der Waals surface area contributed by atoms with Gasteiger partial charge in [-0.1, -0.05) is 55.1 Å². The van der Waals surface area contributed by atoms with Gasteiger partial charge in [-0.05, 0) is 34.9 Å². The lowest BCUT2D eigenvalue weighted by molar-refractivity contribution is 1.06. The molecule has 2 heterocycles. The molecule has 2 heteroatoms. The van der Waals surface area contributed by atoms with Gasteiger partial charge in [0.15, 0.2) is 0 Å². The van der Waals surface area contributed by atoms with E-state index in [1.165, 1.54) is 39.3 Å².